The van der Waals surface area contributed by atoms with Gasteiger partial charge in [0.05, 0.1) is 16.3 Å². The number of carbonyl (C=O) groups is 1. The molecule has 0 unspecified atom stereocenters. The van der Waals surface area contributed by atoms with Gasteiger partial charge < -0.3 is 11.1 Å². The molecule has 0 atom stereocenters. The number of halogens is 1. The van der Waals surface area contributed by atoms with Gasteiger partial charge in [0.25, 0.3) is 5.91 Å². The third-order valence-corrected chi connectivity index (χ3v) is 3.34. The van der Waals surface area contributed by atoms with Crippen LogP contribution in [0.5, 0.6) is 0 Å². The van der Waals surface area contributed by atoms with Crippen molar-refractivity contribution in [3.8, 4) is 0 Å². The summed E-state index contributed by atoms with van der Waals surface area (Å²) in [7, 11) is -3.51. The summed E-state index contributed by atoms with van der Waals surface area (Å²) in [6, 6.07) is 4.75. The van der Waals surface area contributed by atoms with E-state index in [-0.39, 0.29) is 35.0 Å². The lowest BCUT2D eigenvalue weighted by Gasteiger charge is -2.08. The molecule has 0 aliphatic heterocycles. The van der Waals surface area contributed by atoms with Gasteiger partial charge in [-0.25, -0.2) is 13.6 Å². The minimum Gasteiger partial charge on any atom is -0.398 e. The van der Waals surface area contributed by atoms with Crippen molar-refractivity contribution in [3.05, 3.63) is 28.8 Å². The molecule has 0 saturated carbocycles. The van der Waals surface area contributed by atoms with Crippen LogP contribution in [0.3, 0.4) is 0 Å². The second kappa shape index (κ2) is 6.03. The largest absolute Gasteiger partial charge is 0.398 e. The van der Waals surface area contributed by atoms with Crippen LogP contribution in [0.4, 0.5) is 5.69 Å². The number of rotatable bonds is 5. The molecule has 0 heterocycles. The number of primary sulfonamides is 1. The van der Waals surface area contributed by atoms with Crippen LogP contribution in [0.1, 0.15) is 16.8 Å². The number of hydrogen-bond donors (Lipinski definition) is 3. The van der Waals surface area contributed by atoms with E-state index in [2.05, 4.69) is 5.32 Å². The Balaban J connectivity index is 2.56. The van der Waals surface area contributed by atoms with Crippen LogP contribution in [0, 0.1) is 0 Å². The molecule has 0 aliphatic carbocycles. The topological polar surface area (TPSA) is 115 Å². The number of sulfonamides is 1. The highest BCUT2D eigenvalue weighted by Crippen LogP contribution is 2.21. The fourth-order valence-corrected chi connectivity index (χ4v) is 2.16. The average molecular weight is 292 g/mol. The second-order valence-corrected chi connectivity index (χ2v) is 5.82. The van der Waals surface area contributed by atoms with Gasteiger partial charge in [0.1, 0.15) is 0 Å². The molecule has 0 aliphatic rings. The molecule has 0 radical (unpaired) electrons. The van der Waals surface area contributed by atoms with E-state index < -0.39 is 15.9 Å². The number of carbonyl (C=O) groups excluding carboxylic acids is 1. The summed E-state index contributed by atoms with van der Waals surface area (Å²) in [5.74, 6) is -0.627. The van der Waals surface area contributed by atoms with Gasteiger partial charge in [-0.1, -0.05) is 17.7 Å². The molecule has 0 fully saturated rings. The first kappa shape index (κ1) is 14.7. The number of nitrogen functional groups attached to an aromatic ring is 1. The Labute approximate surface area is 110 Å². The van der Waals surface area contributed by atoms with Crippen molar-refractivity contribution < 1.29 is 13.2 Å². The predicted octanol–water partition coefficient (Wildman–Crippen LogP) is 0.331. The van der Waals surface area contributed by atoms with Gasteiger partial charge in [-0.15, -0.1) is 0 Å². The van der Waals surface area contributed by atoms with Gasteiger partial charge in [-0.05, 0) is 18.6 Å². The highest BCUT2D eigenvalue weighted by Gasteiger charge is 2.13. The number of amides is 1. The number of anilines is 1. The van der Waals surface area contributed by atoms with Crippen molar-refractivity contribution in [2.75, 3.05) is 18.0 Å². The molecule has 6 nitrogen and oxygen atoms in total. The minimum atomic E-state index is -3.51. The lowest BCUT2D eigenvalue weighted by atomic mass is 10.1. The predicted molar refractivity (Wildman–Crippen MR) is 70.8 cm³/mol. The fourth-order valence-electron chi connectivity index (χ4n) is 1.34. The Hall–Kier alpha value is -1.31. The van der Waals surface area contributed by atoms with Crippen molar-refractivity contribution >= 4 is 33.2 Å². The van der Waals surface area contributed by atoms with E-state index in [9.17, 15) is 13.2 Å². The Morgan fingerprint density at radius 2 is 2.06 bits per heavy atom. The molecule has 0 saturated heterocycles. The van der Waals surface area contributed by atoms with E-state index >= 15 is 0 Å². The highest BCUT2D eigenvalue weighted by molar-refractivity contribution is 7.89. The molecule has 5 N–H and O–H groups in total. The Morgan fingerprint density at radius 1 is 1.39 bits per heavy atom. The zero-order valence-corrected chi connectivity index (χ0v) is 11.1. The average Bonchev–Trinajstić information content (AvgIpc) is 2.23. The van der Waals surface area contributed by atoms with Gasteiger partial charge in [-0.2, -0.15) is 0 Å². The molecule has 100 valence electrons. The molecule has 1 rings (SSSR count). The Kier molecular flexibility index (Phi) is 4.94. The Morgan fingerprint density at radius 3 is 2.61 bits per heavy atom. The molecule has 0 spiro atoms. The zero-order chi connectivity index (χ0) is 13.8. The van der Waals surface area contributed by atoms with Gasteiger partial charge >= 0.3 is 0 Å². The maximum atomic E-state index is 11.8. The van der Waals surface area contributed by atoms with Crippen LogP contribution >= 0.6 is 11.6 Å². The summed E-state index contributed by atoms with van der Waals surface area (Å²) in [5.41, 5.74) is 6.09. The first-order valence-electron chi connectivity index (χ1n) is 5.14. The van der Waals surface area contributed by atoms with Crippen LogP contribution in [-0.4, -0.2) is 26.6 Å². The van der Waals surface area contributed by atoms with Crippen molar-refractivity contribution in [1.82, 2.24) is 5.32 Å². The van der Waals surface area contributed by atoms with E-state index in [0.717, 1.165) is 0 Å². The number of nitrogens with one attached hydrogen (secondary N) is 1. The molecule has 8 heteroatoms. The number of benzene rings is 1. The van der Waals surface area contributed by atoms with Crippen molar-refractivity contribution in [2.24, 2.45) is 5.14 Å². The standard InChI is InChI=1S/C10H14ClN3O3S/c11-7-3-1-4-8(12)9(7)10(15)14-5-2-6-18(13,16)17/h1,3-4H,2,5-6,12H2,(H,14,15)(H2,13,16,17). The summed E-state index contributed by atoms with van der Waals surface area (Å²) in [6.07, 6.45) is 0.231. The molecule has 1 amide bonds. The third kappa shape index (κ3) is 4.52. The van der Waals surface area contributed by atoms with E-state index in [1.807, 2.05) is 0 Å². The normalized spacial score (nSPS) is 11.2. The first-order chi connectivity index (χ1) is 8.31. The monoisotopic (exact) mass is 291 g/mol. The molecule has 0 aromatic heterocycles. The maximum absolute atomic E-state index is 11.8. The zero-order valence-electron chi connectivity index (χ0n) is 9.52. The minimum absolute atomic E-state index is 0.180. The maximum Gasteiger partial charge on any atom is 0.254 e. The molecular weight excluding hydrogens is 278 g/mol. The van der Waals surface area contributed by atoms with Gasteiger partial charge in [0.2, 0.25) is 10.0 Å². The van der Waals surface area contributed by atoms with E-state index in [1.54, 1.807) is 18.2 Å². The summed E-state index contributed by atoms with van der Waals surface area (Å²) in [6.45, 7) is 0.180. The summed E-state index contributed by atoms with van der Waals surface area (Å²) >= 11 is 5.85. The second-order valence-electron chi connectivity index (χ2n) is 3.68. The summed E-state index contributed by atoms with van der Waals surface area (Å²) in [4.78, 5) is 11.8. The van der Waals surface area contributed by atoms with Crippen molar-refractivity contribution in [3.63, 3.8) is 0 Å². The van der Waals surface area contributed by atoms with Crippen LogP contribution in [-0.2, 0) is 10.0 Å². The van der Waals surface area contributed by atoms with Crippen LogP contribution in [0.25, 0.3) is 0 Å². The lowest BCUT2D eigenvalue weighted by molar-refractivity contribution is 0.0954. The van der Waals surface area contributed by atoms with Crippen molar-refractivity contribution in [2.45, 2.75) is 6.42 Å². The molecule has 18 heavy (non-hydrogen) atoms. The van der Waals surface area contributed by atoms with E-state index in [1.165, 1.54) is 0 Å². The summed E-state index contributed by atoms with van der Waals surface area (Å²) < 4.78 is 21.4. The molecule has 0 bridgehead atoms. The smallest absolute Gasteiger partial charge is 0.254 e. The van der Waals surface area contributed by atoms with Crippen molar-refractivity contribution in [1.29, 1.82) is 0 Å². The van der Waals surface area contributed by atoms with Crippen LogP contribution in [0.2, 0.25) is 5.02 Å². The van der Waals surface area contributed by atoms with Gasteiger partial charge in [0.15, 0.2) is 0 Å². The summed E-state index contributed by atoms with van der Waals surface area (Å²) in [5, 5.41) is 7.61. The molecule has 1 aromatic rings. The number of nitrogens with two attached hydrogens (primary N) is 2. The fraction of sp³-hybridized carbons (Fsp3) is 0.300. The highest BCUT2D eigenvalue weighted by atomic mass is 35.5. The van der Waals surface area contributed by atoms with Crippen LogP contribution in [0.15, 0.2) is 18.2 Å². The lowest BCUT2D eigenvalue weighted by Crippen LogP contribution is -2.28. The first-order valence-corrected chi connectivity index (χ1v) is 7.23. The SMILES string of the molecule is Nc1cccc(Cl)c1C(=O)NCCCS(N)(=O)=O. The molecule has 1 aromatic carbocycles. The van der Waals surface area contributed by atoms with E-state index in [0.29, 0.717) is 0 Å². The van der Waals surface area contributed by atoms with Crippen LogP contribution < -0.4 is 16.2 Å². The van der Waals surface area contributed by atoms with E-state index in [4.69, 9.17) is 22.5 Å². The quantitative estimate of drug-likeness (QED) is 0.535. The third-order valence-electron chi connectivity index (χ3n) is 2.16. The number of hydrogen-bond acceptors (Lipinski definition) is 4. The Bertz CT molecular complexity index is 525. The van der Waals surface area contributed by atoms with Gasteiger partial charge in [-0.3, -0.25) is 4.79 Å². The molecular formula is C10H14ClN3O3S. The van der Waals surface area contributed by atoms with Gasteiger partial charge in [0, 0.05) is 12.2 Å².